The molecule has 4 nitrogen and oxygen atoms in total. The first-order chi connectivity index (χ1) is 9.22. The molecule has 0 radical (unpaired) electrons. The van der Waals surface area contributed by atoms with E-state index in [9.17, 15) is 4.79 Å². The van der Waals surface area contributed by atoms with Crippen LogP contribution in [0.5, 0.6) is 0 Å². The van der Waals surface area contributed by atoms with Crippen molar-refractivity contribution in [1.29, 1.82) is 0 Å². The number of methoxy groups -OCH3 is 1. The van der Waals surface area contributed by atoms with E-state index in [4.69, 9.17) is 10.5 Å². The fraction of sp³-hybridized carbons (Fsp3) is 0.933. The number of ether oxygens (including phenoxy) is 1. The van der Waals surface area contributed by atoms with Gasteiger partial charge in [0, 0.05) is 32.8 Å². The van der Waals surface area contributed by atoms with Gasteiger partial charge in [-0.3, -0.25) is 4.79 Å². The number of hydrogen-bond acceptors (Lipinski definition) is 3. The third-order valence-corrected chi connectivity index (χ3v) is 4.72. The van der Waals surface area contributed by atoms with Gasteiger partial charge < -0.3 is 15.4 Å². The van der Waals surface area contributed by atoms with Crippen molar-refractivity contribution in [3.8, 4) is 0 Å². The van der Waals surface area contributed by atoms with Crippen LogP contribution in [-0.4, -0.2) is 43.7 Å². The van der Waals surface area contributed by atoms with Gasteiger partial charge >= 0.3 is 0 Å². The number of rotatable bonds is 3. The lowest BCUT2D eigenvalue weighted by Gasteiger charge is -2.35. The number of nitrogens with zero attached hydrogens (tertiary/aromatic N) is 1. The lowest BCUT2D eigenvalue weighted by Crippen LogP contribution is -2.47. The van der Waals surface area contributed by atoms with Crippen molar-refractivity contribution in [3.63, 3.8) is 0 Å². The maximum atomic E-state index is 12.6. The number of amides is 1. The van der Waals surface area contributed by atoms with E-state index in [1.807, 2.05) is 4.90 Å². The molecule has 2 fully saturated rings. The van der Waals surface area contributed by atoms with Crippen LogP contribution in [0.1, 0.15) is 44.9 Å². The fourth-order valence-electron chi connectivity index (χ4n) is 3.43. The first-order valence-corrected chi connectivity index (χ1v) is 7.75. The van der Waals surface area contributed by atoms with Gasteiger partial charge in [0.2, 0.25) is 5.91 Å². The predicted molar refractivity (Wildman–Crippen MR) is 75.7 cm³/mol. The highest BCUT2D eigenvalue weighted by Gasteiger charge is 2.32. The summed E-state index contributed by atoms with van der Waals surface area (Å²) in [7, 11) is 1.75. The van der Waals surface area contributed by atoms with Crippen LogP contribution in [0.2, 0.25) is 0 Å². The summed E-state index contributed by atoms with van der Waals surface area (Å²) >= 11 is 0. The molecule has 0 aromatic rings. The van der Waals surface area contributed by atoms with Gasteiger partial charge in [0.25, 0.3) is 0 Å². The summed E-state index contributed by atoms with van der Waals surface area (Å²) in [5.74, 6) is 1.00. The van der Waals surface area contributed by atoms with Crippen molar-refractivity contribution in [2.24, 2.45) is 17.6 Å². The Kier molecular flexibility index (Phi) is 5.64. The third-order valence-electron chi connectivity index (χ3n) is 4.72. The van der Waals surface area contributed by atoms with Crippen LogP contribution in [0.3, 0.4) is 0 Å². The molecule has 1 saturated carbocycles. The van der Waals surface area contributed by atoms with Crippen molar-refractivity contribution in [2.75, 3.05) is 26.8 Å². The molecule has 0 aromatic heterocycles. The van der Waals surface area contributed by atoms with Crippen molar-refractivity contribution in [1.82, 2.24) is 4.90 Å². The highest BCUT2D eigenvalue weighted by Crippen LogP contribution is 2.26. The van der Waals surface area contributed by atoms with E-state index < -0.39 is 0 Å². The molecule has 4 heteroatoms. The standard InChI is InChI=1S/C15H28N2O2/c1-19-11-12-7-9-17(10-8-12)15(18)13-5-3-2-4-6-14(13)16/h12-14H,2-11,16H2,1H3. The lowest BCUT2D eigenvalue weighted by atomic mass is 9.91. The number of likely N-dealkylation sites (tertiary alicyclic amines) is 1. The minimum absolute atomic E-state index is 0.0708. The molecule has 19 heavy (non-hydrogen) atoms. The number of carbonyl (C=O) groups excluding carboxylic acids is 1. The molecule has 2 unspecified atom stereocenters. The van der Waals surface area contributed by atoms with Crippen LogP contribution in [0.4, 0.5) is 0 Å². The van der Waals surface area contributed by atoms with E-state index in [1.165, 1.54) is 12.8 Å². The zero-order chi connectivity index (χ0) is 13.7. The Morgan fingerprint density at radius 3 is 2.53 bits per heavy atom. The van der Waals surface area contributed by atoms with Crippen LogP contribution in [-0.2, 0) is 9.53 Å². The quantitative estimate of drug-likeness (QED) is 0.794. The average molecular weight is 268 g/mol. The summed E-state index contributed by atoms with van der Waals surface area (Å²) < 4.78 is 5.20. The normalized spacial score (nSPS) is 30.1. The molecule has 1 saturated heterocycles. The fourth-order valence-corrected chi connectivity index (χ4v) is 3.43. The van der Waals surface area contributed by atoms with Crippen LogP contribution >= 0.6 is 0 Å². The van der Waals surface area contributed by atoms with Crippen LogP contribution in [0.15, 0.2) is 0 Å². The molecule has 2 aliphatic rings. The molecule has 0 bridgehead atoms. The van der Waals surface area contributed by atoms with E-state index >= 15 is 0 Å². The zero-order valence-electron chi connectivity index (χ0n) is 12.1. The molecule has 0 spiro atoms. The minimum atomic E-state index is 0.0708. The summed E-state index contributed by atoms with van der Waals surface area (Å²) in [5.41, 5.74) is 6.19. The highest BCUT2D eigenvalue weighted by atomic mass is 16.5. The first-order valence-electron chi connectivity index (χ1n) is 7.75. The predicted octanol–water partition coefficient (Wildman–Crippen LogP) is 1.78. The maximum absolute atomic E-state index is 12.6. The van der Waals surface area contributed by atoms with Gasteiger partial charge in [-0.05, 0) is 31.6 Å². The molecule has 1 aliphatic carbocycles. The van der Waals surface area contributed by atoms with Gasteiger partial charge in [-0.25, -0.2) is 0 Å². The van der Waals surface area contributed by atoms with E-state index in [1.54, 1.807) is 7.11 Å². The number of piperidine rings is 1. The van der Waals surface area contributed by atoms with Crippen molar-refractivity contribution < 1.29 is 9.53 Å². The summed E-state index contributed by atoms with van der Waals surface area (Å²) in [6.45, 7) is 2.59. The van der Waals surface area contributed by atoms with Gasteiger partial charge in [-0.2, -0.15) is 0 Å². The lowest BCUT2D eigenvalue weighted by molar-refractivity contribution is -0.138. The average Bonchev–Trinajstić information content (AvgIpc) is 2.64. The Morgan fingerprint density at radius 2 is 1.84 bits per heavy atom. The smallest absolute Gasteiger partial charge is 0.227 e. The molecule has 1 amide bonds. The molecule has 0 aromatic carbocycles. The van der Waals surface area contributed by atoms with E-state index in [2.05, 4.69) is 0 Å². The Balaban J connectivity index is 1.85. The van der Waals surface area contributed by atoms with Crippen LogP contribution < -0.4 is 5.73 Å². The summed E-state index contributed by atoms with van der Waals surface area (Å²) in [6.07, 6.45) is 7.70. The Hall–Kier alpha value is -0.610. The Bertz CT molecular complexity index is 288. The summed E-state index contributed by atoms with van der Waals surface area (Å²) in [6, 6.07) is 0.0756. The molecule has 2 atom stereocenters. The number of carbonyl (C=O) groups is 1. The van der Waals surface area contributed by atoms with E-state index in [-0.39, 0.29) is 12.0 Å². The summed E-state index contributed by atoms with van der Waals surface area (Å²) in [4.78, 5) is 14.6. The van der Waals surface area contributed by atoms with Gasteiger partial charge in [0.05, 0.1) is 5.92 Å². The topological polar surface area (TPSA) is 55.6 Å². The zero-order valence-corrected chi connectivity index (χ0v) is 12.1. The van der Waals surface area contributed by atoms with E-state index in [0.29, 0.717) is 11.8 Å². The second-order valence-corrected chi connectivity index (χ2v) is 6.13. The largest absolute Gasteiger partial charge is 0.384 e. The van der Waals surface area contributed by atoms with Gasteiger partial charge in [0.15, 0.2) is 0 Å². The van der Waals surface area contributed by atoms with Gasteiger partial charge in [0.1, 0.15) is 0 Å². The molecular weight excluding hydrogens is 240 g/mol. The molecule has 1 heterocycles. The number of nitrogens with two attached hydrogens (primary N) is 1. The molecule has 110 valence electrons. The van der Waals surface area contributed by atoms with Crippen LogP contribution in [0.25, 0.3) is 0 Å². The van der Waals surface area contributed by atoms with Crippen molar-refractivity contribution in [2.45, 2.75) is 51.0 Å². The number of hydrogen-bond donors (Lipinski definition) is 1. The second kappa shape index (κ2) is 7.25. The molecular formula is C15H28N2O2. The molecule has 1 aliphatic heterocycles. The Morgan fingerprint density at radius 1 is 1.16 bits per heavy atom. The van der Waals surface area contributed by atoms with Crippen molar-refractivity contribution in [3.05, 3.63) is 0 Å². The van der Waals surface area contributed by atoms with Crippen LogP contribution in [0, 0.1) is 11.8 Å². The maximum Gasteiger partial charge on any atom is 0.227 e. The Labute approximate surface area is 116 Å². The van der Waals surface area contributed by atoms with E-state index in [0.717, 1.165) is 51.8 Å². The highest BCUT2D eigenvalue weighted by molar-refractivity contribution is 5.79. The molecule has 2 N–H and O–H groups in total. The second-order valence-electron chi connectivity index (χ2n) is 6.13. The summed E-state index contributed by atoms with van der Waals surface area (Å²) in [5, 5.41) is 0. The SMILES string of the molecule is COCC1CCN(C(=O)C2CCCCCC2N)CC1. The van der Waals surface area contributed by atoms with Gasteiger partial charge in [-0.15, -0.1) is 0 Å². The molecule has 2 rings (SSSR count). The van der Waals surface area contributed by atoms with Gasteiger partial charge in [-0.1, -0.05) is 19.3 Å². The monoisotopic (exact) mass is 268 g/mol. The minimum Gasteiger partial charge on any atom is -0.384 e. The third kappa shape index (κ3) is 3.93. The first kappa shape index (κ1) is 14.8. The van der Waals surface area contributed by atoms with Crippen molar-refractivity contribution >= 4 is 5.91 Å².